The minimum absolute atomic E-state index is 0.110. The van der Waals surface area contributed by atoms with Gasteiger partial charge >= 0.3 is 0 Å². The van der Waals surface area contributed by atoms with Gasteiger partial charge in [-0.25, -0.2) is 4.90 Å². The molecule has 4 atom stereocenters. The highest BCUT2D eigenvalue weighted by molar-refractivity contribution is 6.30. The number of halogens is 1. The molecule has 2 amide bonds. The third-order valence-corrected chi connectivity index (χ3v) is 5.94. The maximum absolute atomic E-state index is 12.9. The van der Waals surface area contributed by atoms with Crippen LogP contribution >= 0.6 is 11.6 Å². The van der Waals surface area contributed by atoms with Gasteiger partial charge in [-0.3, -0.25) is 14.3 Å². The molecule has 3 aliphatic rings. The molecule has 26 heavy (non-hydrogen) atoms. The Balaban J connectivity index is 1.44. The van der Waals surface area contributed by atoms with Crippen LogP contribution in [0.3, 0.4) is 0 Å². The van der Waals surface area contributed by atoms with Crippen molar-refractivity contribution in [2.75, 3.05) is 4.90 Å². The van der Waals surface area contributed by atoms with Crippen LogP contribution in [0.5, 0.6) is 0 Å². The van der Waals surface area contributed by atoms with Crippen LogP contribution in [-0.4, -0.2) is 33.8 Å². The molecule has 3 fully saturated rings. The van der Waals surface area contributed by atoms with E-state index in [1.807, 2.05) is 31.2 Å². The number of aryl methyl sites for hydroxylation is 1. The van der Waals surface area contributed by atoms with Gasteiger partial charge in [0.1, 0.15) is 0 Å². The zero-order chi connectivity index (χ0) is 18.0. The monoisotopic (exact) mass is 371 g/mol. The van der Waals surface area contributed by atoms with Gasteiger partial charge in [0.15, 0.2) is 5.82 Å². The van der Waals surface area contributed by atoms with Crippen molar-refractivity contribution >= 4 is 29.2 Å². The first-order valence-electron chi connectivity index (χ1n) is 8.85. The smallest absolute Gasteiger partial charge is 0.241 e. The highest BCUT2D eigenvalue weighted by Crippen LogP contribution is 2.49. The second-order valence-electron chi connectivity index (χ2n) is 7.29. The Hall–Kier alpha value is -2.18. The molecule has 0 N–H and O–H groups in total. The summed E-state index contributed by atoms with van der Waals surface area (Å²) in [5, 5.41) is 5.20. The molecular formula is C19H18ClN3O3. The molecule has 0 spiro atoms. The molecular weight excluding hydrogens is 354 g/mol. The standard InChI is InChI=1S/C19H18ClN3O3/c1-10-7-15(21-22(10)9-11-3-2-4-12(20)8-11)23-18(24)16-13-5-6-14(26-13)17(16)19(23)25/h2-4,7-8,13-14,16-17H,5-6,9H2,1H3/t13-,14-,16-,17-/m1/s1. The third-order valence-electron chi connectivity index (χ3n) is 5.70. The molecule has 2 bridgehead atoms. The summed E-state index contributed by atoms with van der Waals surface area (Å²) in [5.41, 5.74) is 1.90. The lowest BCUT2D eigenvalue weighted by Crippen LogP contribution is -2.34. The van der Waals surface area contributed by atoms with Gasteiger partial charge in [0, 0.05) is 16.8 Å². The number of rotatable bonds is 3. The van der Waals surface area contributed by atoms with Gasteiger partial charge in [0.25, 0.3) is 0 Å². The quantitative estimate of drug-likeness (QED) is 0.778. The number of anilines is 1. The summed E-state index contributed by atoms with van der Waals surface area (Å²) >= 11 is 6.05. The fourth-order valence-corrected chi connectivity index (χ4v) is 4.72. The van der Waals surface area contributed by atoms with Crippen molar-refractivity contribution in [3.63, 3.8) is 0 Å². The first-order valence-corrected chi connectivity index (χ1v) is 9.23. The van der Waals surface area contributed by atoms with E-state index in [1.54, 1.807) is 10.7 Å². The lowest BCUT2D eigenvalue weighted by molar-refractivity contribution is -0.124. The molecule has 1 aromatic heterocycles. The summed E-state index contributed by atoms with van der Waals surface area (Å²) in [6, 6.07) is 9.36. The Morgan fingerprint density at radius 2 is 1.85 bits per heavy atom. The molecule has 0 radical (unpaired) electrons. The van der Waals surface area contributed by atoms with Crippen molar-refractivity contribution in [3.05, 3.63) is 46.6 Å². The van der Waals surface area contributed by atoms with E-state index >= 15 is 0 Å². The van der Waals surface area contributed by atoms with E-state index in [9.17, 15) is 9.59 Å². The van der Waals surface area contributed by atoms with E-state index < -0.39 is 0 Å². The van der Waals surface area contributed by atoms with E-state index in [4.69, 9.17) is 16.3 Å². The van der Waals surface area contributed by atoms with Crippen LogP contribution in [0.1, 0.15) is 24.1 Å². The fourth-order valence-electron chi connectivity index (χ4n) is 4.51. The van der Waals surface area contributed by atoms with Crippen LogP contribution in [0, 0.1) is 18.8 Å². The van der Waals surface area contributed by atoms with E-state index in [1.165, 1.54) is 4.90 Å². The average Bonchev–Trinajstić information content (AvgIpc) is 3.33. The summed E-state index contributed by atoms with van der Waals surface area (Å²) in [6.07, 6.45) is 1.50. The van der Waals surface area contributed by atoms with Crippen LogP contribution in [0.4, 0.5) is 5.82 Å². The van der Waals surface area contributed by atoms with E-state index in [0.717, 1.165) is 24.1 Å². The minimum atomic E-state index is -0.334. The zero-order valence-electron chi connectivity index (χ0n) is 14.3. The molecule has 5 rings (SSSR count). The number of benzene rings is 1. The molecule has 4 heterocycles. The van der Waals surface area contributed by atoms with Crippen molar-refractivity contribution in [1.82, 2.24) is 9.78 Å². The van der Waals surface area contributed by atoms with Crippen LogP contribution in [0.25, 0.3) is 0 Å². The number of nitrogens with zero attached hydrogens (tertiary/aromatic N) is 3. The van der Waals surface area contributed by atoms with Gasteiger partial charge in [-0.1, -0.05) is 23.7 Å². The average molecular weight is 372 g/mol. The van der Waals surface area contributed by atoms with E-state index in [2.05, 4.69) is 5.10 Å². The molecule has 134 valence electrons. The predicted octanol–water partition coefficient (Wildman–Crippen LogP) is 2.56. The number of amides is 2. The van der Waals surface area contributed by atoms with Crippen LogP contribution in [0.15, 0.2) is 30.3 Å². The van der Waals surface area contributed by atoms with Gasteiger partial charge in [-0.15, -0.1) is 0 Å². The molecule has 3 aliphatic heterocycles. The summed E-state index contributed by atoms with van der Waals surface area (Å²) in [7, 11) is 0. The van der Waals surface area contributed by atoms with Crippen LogP contribution in [-0.2, 0) is 20.9 Å². The van der Waals surface area contributed by atoms with E-state index in [-0.39, 0.29) is 35.9 Å². The Bertz CT molecular complexity index is 897. The first kappa shape index (κ1) is 16.0. The summed E-state index contributed by atoms with van der Waals surface area (Å²) in [4.78, 5) is 27.0. The summed E-state index contributed by atoms with van der Waals surface area (Å²) in [6.45, 7) is 2.45. The number of ether oxygens (including phenoxy) is 1. The topological polar surface area (TPSA) is 64.4 Å². The van der Waals surface area contributed by atoms with Crippen molar-refractivity contribution in [2.24, 2.45) is 11.8 Å². The van der Waals surface area contributed by atoms with Crippen LogP contribution < -0.4 is 4.90 Å². The summed E-state index contributed by atoms with van der Waals surface area (Å²) in [5.74, 6) is -0.591. The number of imide groups is 1. The maximum Gasteiger partial charge on any atom is 0.241 e. The van der Waals surface area contributed by atoms with Gasteiger partial charge in [-0.2, -0.15) is 5.10 Å². The normalized spacial score (nSPS) is 29.7. The predicted molar refractivity (Wildman–Crippen MR) is 94.9 cm³/mol. The number of hydrogen-bond acceptors (Lipinski definition) is 4. The van der Waals surface area contributed by atoms with Gasteiger partial charge in [-0.05, 0) is 37.5 Å². The molecule has 1 aromatic carbocycles. The first-order chi connectivity index (χ1) is 12.5. The number of carbonyl (C=O) groups excluding carboxylic acids is 2. The molecule has 0 aliphatic carbocycles. The summed E-state index contributed by atoms with van der Waals surface area (Å²) < 4.78 is 7.57. The van der Waals surface area contributed by atoms with Crippen LogP contribution in [0.2, 0.25) is 5.02 Å². The molecule has 2 aromatic rings. The van der Waals surface area contributed by atoms with Crippen molar-refractivity contribution in [2.45, 2.75) is 38.5 Å². The Morgan fingerprint density at radius 1 is 1.15 bits per heavy atom. The van der Waals surface area contributed by atoms with Gasteiger partial charge < -0.3 is 4.74 Å². The molecule has 7 heteroatoms. The highest BCUT2D eigenvalue weighted by Gasteiger charge is 2.63. The Morgan fingerprint density at radius 3 is 2.50 bits per heavy atom. The van der Waals surface area contributed by atoms with Crippen molar-refractivity contribution in [1.29, 1.82) is 0 Å². The Kier molecular flexibility index (Phi) is 3.49. The molecule has 3 saturated heterocycles. The number of fused-ring (bicyclic) bond motifs is 5. The molecule has 0 saturated carbocycles. The molecule has 6 nitrogen and oxygen atoms in total. The lowest BCUT2D eigenvalue weighted by atomic mass is 9.81. The Labute approximate surface area is 155 Å². The SMILES string of the molecule is Cc1cc(N2C(=O)[C@H]3[C@H](C2=O)[C@H]2CC[C@H]3O2)nn1Cc1cccc(Cl)c1. The number of hydrogen-bond donors (Lipinski definition) is 0. The van der Waals surface area contributed by atoms with E-state index in [0.29, 0.717) is 17.4 Å². The molecule has 0 unspecified atom stereocenters. The third kappa shape index (κ3) is 2.25. The maximum atomic E-state index is 12.9. The number of carbonyl (C=O) groups is 2. The second kappa shape index (κ2) is 5.66. The van der Waals surface area contributed by atoms with Gasteiger partial charge in [0.05, 0.1) is 30.6 Å². The van der Waals surface area contributed by atoms with Crippen molar-refractivity contribution < 1.29 is 14.3 Å². The van der Waals surface area contributed by atoms with Crippen molar-refractivity contribution in [3.8, 4) is 0 Å². The van der Waals surface area contributed by atoms with Gasteiger partial charge in [0.2, 0.25) is 11.8 Å². The highest BCUT2D eigenvalue weighted by atomic mass is 35.5. The zero-order valence-corrected chi connectivity index (χ0v) is 15.0. The fraction of sp³-hybridized carbons (Fsp3) is 0.421. The number of aromatic nitrogens is 2. The minimum Gasteiger partial charge on any atom is -0.373 e. The largest absolute Gasteiger partial charge is 0.373 e. The lowest BCUT2D eigenvalue weighted by Gasteiger charge is -2.15. The second-order valence-corrected chi connectivity index (χ2v) is 7.72.